The topological polar surface area (TPSA) is 72.5 Å². The Morgan fingerprint density at radius 1 is 1.18 bits per heavy atom. The molecular formula is C16H17N3O3. The normalized spacial score (nSPS) is 12.0. The Bertz CT molecular complexity index is 688. The third kappa shape index (κ3) is 3.11. The summed E-state index contributed by atoms with van der Waals surface area (Å²) in [6, 6.07) is 8.85. The fraction of sp³-hybridized carbons (Fsp3) is 0.250. The molecular weight excluding hydrogens is 282 g/mol. The van der Waals surface area contributed by atoms with Gasteiger partial charge in [0.1, 0.15) is 5.69 Å². The molecule has 0 unspecified atom stereocenters. The van der Waals surface area contributed by atoms with Crippen LogP contribution in [-0.4, -0.2) is 24.2 Å². The van der Waals surface area contributed by atoms with E-state index in [1.807, 2.05) is 6.07 Å². The molecule has 0 saturated heterocycles. The molecule has 6 nitrogen and oxygen atoms in total. The predicted octanol–water partition coefficient (Wildman–Crippen LogP) is 2.88. The first kappa shape index (κ1) is 14.2. The first-order valence-corrected chi connectivity index (χ1v) is 7.17. The molecule has 1 aromatic carbocycles. The summed E-state index contributed by atoms with van der Waals surface area (Å²) in [7, 11) is 0. The molecule has 0 saturated carbocycles. The van der Waals surface area contributed by atoms with E-state index in [-0.39, 0.29) is 12.7 Å². The summed E-state index contributed by atoms with van der Waals surface area (Å²) in [6.07, 6.45) is 2.63. The van der Waals surface area contributed by atoms with Crippen LogP contribution >= 0.6 is 0 Å². The number of fused-ring (bicyclic) bond motifs is 1. The van der Waals surface area contributed by atoms with Gasteiger partial charge in [-0.15, -0.1) is 0 Å². The van der Waals surface area contributed by atoms with E-state index in [9.17, 15) is 4.79 Å². The number of pyridine rings is 1. The first-order valence-electron chi connectivity index (χ1n) is 7.17. The van der Waals surface area contributed by atoms with Gasteiger partial charge in [0.2, 0.25) is 6.79 Å². The number of benzene rings is 1. The van der Waals surface area contributed by atoms with Crippen molar-refractivity contribution in [3.05, 3.63) is 42.2 Å². The summed E-state index contributed by atoms with van der Waals surface area (Å²) in [4.78, 5) is 16.4. The second-order valence-corrected chi connectivity index (χ2v) is 4.88. The largest absolute Gasteiger partial charge is 0.454 e. The van der Waals surface area contributed by atoms with Crippen molar-refractivity contribution in [2.24, 2.45) is 0 Å². The van der Waals surface area contributed by atoms with Gasteiger partial charge >= 0.3 is 0 Å². The summed E-state index contributed by atoms with van der Waals surface area (Å²) in [5, 5.41) is 6.04. The lowest BCUT2D eigenvalue weighted by atomic mass is 10.2. The highest BCUT2D eigenvalue weighted by Crippen LogP contribution is 2.34. The number of nitrogens with zero attached hydrogens (tertiary/aromatic N) is 1. The number of hydrogen-bond donors (Lipinski definition) is 2. The van der Waals surface area contributed by atoms with Gasteiger partial charge < -0.3 is 20.1 Å². The van der Waals surface area contributed by atoms with Crippen molar-refractivity contribution in [1.82, 2.24) is 4.98 Å². The molecule has 1 amide bonds. The number of carbonyl (C=O) groups excluding carboxylic acids is 1. The Kier molecular flexibility index (Phi) is 4.09. The molecule has 2 aromatic rings. The molecule has 0 atom stereocenters. The van der Waals surface area contributed by atoms with Crippen LogP contribution in [0.15, 0.2) is 36.5 Å². The summed E-state index contributed by atoms with van der Waals surface area (Å²) in [6.45, 7) is 3.15. The van der Waals surface area contributed by atoms with Gasteiger partial charge in [0.15, 0.2) is 11.5 Å². The van der Waals surface area contributed by atoms with Crippen LogP contribution in [0.25, 0.3) is 0 Å². The minimum absolute atomic E-state index is 0.208. The van der Waals surface area contributed by atoms with Gasteiger partial charge in [-0.25, -0.2) is 0 Å². The molecule has 0 spiro atoms. The Morgan fingerprint density at radius 2 is 2.05 bits per heavy atom. The summed E-state index contributed by atoms with van der Waals surface area (Å²) in [5.41, 5.74) is 1.88. The number of anilines is 2. The summed E-state index contributed by atoms with van der Waals surface area (Å²) >= 11 is 0. The maximum Gasteiger partial charge on any atom is 0.274 e. The van der Waals surface area contributed by atoms with Crippen LogP contribution in [0.2, 0.25) is 0 Å². The lowest BCUT2D eigenvalue weighted by Crippen LogP contribution is -2.14. The molecule has 2 N–H and O–H groups in total. The number of aromatic nitrogens is 1. The Labute approximate surface area is 128 Å². The Morgan fingerprint density at radius 3 is 2.91 bits per heavy atom. The van der Waals surface area contributed by atoms with E-state index in [0.29, 0.717) is 22.9 Å². The van der Waals surface area contributed by atoms with Gasteiger partial charge in [-0.2, -0.15) is 0 Å². The van der Waals surface area contributed by atoms with Gasteiger partial charge in [0.05, 0.1) is 0 Å². The number of hydrogen-bond acceptors (Lipinski definition) is 5. The van der Waals surface area contributed by atoms with Gasteiger partial charge in [-0.3, -0.25) is 9.78 Å². The number of ether oxygens (including phenoxy) is 2. The van der Waals surface area contributed by atoms with Crippen molar-refractivity contribution >= 4 is 17.3 Å². The monoisotopic (exact) mass is 299 g/mol. The highest BCUT2D eigenvalue weighted by Gasteiger charge is 2.15. The average molecular weight is 299 g/mol. The minimum Gasteiger partial charge on any atom is -0.454 e. The fourth-order valence-corrected chi connectivity index (χ4v) is 2.10. The van der Waals surface area contributed by atoms with Crippen molar-refractivity contribution in [3.63, 3.8) is 0 Å². The molecule has 1 aromatic heterocycles. The quantitative estimate of drug-likeness (QED) is 0.888. The van der Waals surface area contributed by atoms with Gasteiger partial charge in [0.25, 0.3) is 5.91 Å². The van der Waals surface area contributed by atoms with Crippen molar-refractivity contribution in [2.75, 3.05) is 24.0 Å². The van der Waals surface area contributed by atoms with Crippen LogP contribution < -0.4 is 20.1 Å². The van der Waals surface area contributed by atoms with Crippen molar-refractivity contribution in [2.45, 2.75) is 13.3 Å². The zero-order valence-electron chi connectivity index (χ0n) is 12.3. The zero-order valence-corrected chi connectivity index (χ0v) is 12.3. The molecule has 0 fully saturated rings. The van der Waals surface area contributed by atoms with Gasteiger partial charge in [-0.05, 0) is 30.7 Å². The molecule has 2 heterocycles. The smallest absolute Gasteiger partial charge is 0.274 e. The highest BCUT2D eigenvalue weighted by molar-refractivity contribution is 6.03. The number of nitrogens with one attached hydrogen (secondary N) is 2. The van der Waals surface area contributed by atoms with Crippen LogP contribution in [0.4, 0.5) is 11.4 Å². The van der Waals surface area contributed by atoms with Crippen LogP contribution in [0.5, 0.6) is 11.5 Å². The van der Waals surface area contributed by atoms with Crippen LogP contribution in [0.1, 0.15) is 23.8 Å². The molecule has 22 heavy (non-hydrogen) atoms. The Hall–Kier alpha value is -2.76. The summed E-state index contributed by atoms with van der Waals surface area (Å²) < 4.78 is 10.5. The molecule has 1 aliphatic heterocycles. The third-order valence-electron chi connectivity index (χ3n) is 3.20. The molecule has 3 rings (SSSR count). The standard InChI is InChI=1S/C16H17N3O3/c1-2-6-17-11-5-7-18-13(8-11)16(20)19-12-3-4-14-15(9-12)22-10-21-14/h3-5,7-9H,2,6,10H2,1H3,(H,17,18)(H,19,20). The van der Waals surface area contributed by atoms with E-state index in [1.165, 1.54) is 0 Å². The van der Waals surface area contributed by atoms with Crippen LogP contribution in [0.3, 0.4) is 0 Å². The van der Waals surface area contributed by atoms with Gasteiger partial charge in [-0.1, -0.05) is 6.92 Å². The molecule has 6 heteroatoms. The molecule has 1 aliphatic rings. The second kappa shape index (κ2) is 6.34. The number of carbonyl (C=O) groups is 1. The molecule has 0 bridgehead atoms. The minimum atomic E-state index is -0.265. The molecule has 0 aliphatic carbocycles. The Balaban J connectivity index is 1.71. The van der Waals surface area contributed by atoms with Crippen molar-refractivity contribution < 1.29 is 14.3 Å². The SMILES string of the molecule is CCCNc1ccnc(C(=O)Nc2ccc3c(c2)OCO3)c1. The lowest BCUT2D eigenvalue weighted by Gasteiger charge is -2.08. The summed E-state index contributed by atoms with van der Waals surface area (Å²) in [5.74, 6) is 1.05. The van der Waals surface area contributed by atoms with E-state index in [2.05, 4.69) is 22.5 Å². The number of rotatable bonds is 5. The van der Waals surface area contributed by atoms with E-state index >= 15 is 0 Å². The van der Waals surface area contributed by atoms with Crippen LogP contribution in [0, 0.1) is 0 Å². The lowest BCUT2D eigenvalue weighted by molar-refractivity contribution is 0.102. The van der Waals surface area contributed by atoms with Crippen LogP contribution in [-0.2, 0) is 0 Å². The maximum absolute atomic E-state index is 12.3. The maximum atomic E-state index is 12.3. The zero-order chi connectivity index (χ0) is 15.4. The van der Waals surface area contributed by atoms with Crippen molar-refractivity contribution in [3.8, 4) is 11.5 Å². The second-order valence-electron chi connectivity index (χ2n) is 4.88. The molecule has 0 radical (unpaired) electrons. The van der Waals surface area contributed by atoms with Gasteiger partial charge in [0, 0.05) is 30.2 Å². The van der Waals surface area contributed by atoms with E-state index in [1.54, 1.807) is 30.5 Å². The number of amides is 1. The predicted molar refractivity (Wildman–Crippen MR) is 83.5 cm³/mol. The van der Waals surface area contributed by atoms with E-state index in [4.69, 9.17) is 9.47 Å². The fourth-order valence-electron chi connectivity index (χ4n) is 2.10. The van der Waals surface area contributed by atoms with Crippen molar-refractivity contribution in [1.29, 1.82) is 0 Å². The molecule has 114 valence electrons. The van der Waals surface area contributed by atoms with E-state index in [0.717, 1.165) is 18.7 Å². The third-order valence-corrected chi connectivity index (χ3v) is 3.20. The van der Waals surface area contributed by atoms with E-state index < -0.39 is 0 Å². The first-order chi connectivity index (χ1) is 10.8. The highest BCUT2D eigenvalue weighted by atomic mass is 16.7. The average Bonchev–Trinajstić information content (AvgIpc) is 3.01.